The Morgan fingerprint density at radius 2 is 1.79 bits per heavy atom. The Kier molecular flexibility index (Phi) is 6.81. The number of furan rings is 1. The van der Waals surface area contributed by atoms with Gasteiger partial charge in [0.05, 0.1) is 40.5 Å². The second kappa shape index (κ2) is 10.7. The molecule has 0 saturated carbocycles. The molecule has 7 rings (SSSR count). The topological polar surface area (TPSA) is 66.0 Å². The molecule has 0 saturated heterocycles. The lowest BCUT2D eigenvalue weighted by Gasteiger charge is -2.31. The molecule has 1 atom stereocenters. The van der Waals surface area contributed by atoms with Crippen molar-refractivity contribution in [2.45, 2.75) is 18.9 Å². The van der Waals surface area contributed by atoms with Crippen molar-refractivity contribution in [2.24, 2.45) is 4.99 Å². The molecule has 0 amide bonds. The minimum atomic E-state index is -0.338. The molecule has 9 heteroatoms. The molecule has 1 aliphatic heterocycles. The van der Waals surface area contributed by atoms with Gasteiger partial charge in [0.1, 0.15) is 11.5 Å². The summed E-state index contributed by atoms with van der Waals surface area (Å²) in [5, 5.41) is 0.920. The normalized spacial score (nSPS) is 16.0. The van der Waals surface area contributed by atoms with Crippen LogP contribution in [0, 0.1) is 0 Å². The van der Waals surface area contributed by atoms with E-state index in [4.69, 9.17) is 42.1 Å². The molecule has 42 heavy (non-hydrogen) atoms. The first-order valence-corrected chi connectivity index (χ1v) is 14.9. The zero-order valence-corrected chi connectivity index (χ0v) is 25.0. The minimum absolute atomic E-state index is 0.128. The number of aryl methyl sites for hydroxylation is 1. The molecule has 0 fully saturated rings. The number of hydrogen-bond acceptors (Lipinski definition) is 6. The Balaban J connectivity index is 1.40. The maximum Gasteiger partial charge on any atom is 0.271 e. The summed E-state index contributed by atoms with van der Waals surface area (Å²) < 4.78 is 19.5. The number of benzene rings is 3. The maximum absolute atomic E-state index is 14.1. The lowest BCUT2D eigenvalue weighted by atomic mass is 9.83. The molecule has 5 aromatic rings. The highest BCUT2D eigenvalue weighted by atomic mass is 35.5. The summed E-state index contributed by atoms with van der Waals surface area (Å²) >= 11 is 13.6. The molecule has 1 aliphatic carbocycles. The van der Waals surface area contributed by atoms with Gasteiger partial charge in [0.2, 0.25) is 0 Å². The third-order valence-corrected chi connectivity index (χ3v) is 9.42. The first-order chi connectivity index (χ1) is 20.4. The largest absolute Gasteiger partial charge is 0.493 e. The highest BCUT2D eigenvalue weighted by molar-refractivity contribution is 7.07. The number of fused-ring (bicyclic) bond motifs is 3. The van der Waals surface area contributed by atoms with Crippen LogP contribution in [0.3, 0.4) is 0 Å². The van der Waals surface area contributed by atoms with Crippen molar-refractivity contribution in [1.82, 2.24) is 4.57 Å². The first kappa shape index (κ1) is 26.8. The van der Waals surface area contributed by atoms with E-state index in [1.165, 1.54) is 16.9 Å². The van der Waals surface area contributed by atoms with Gasteiger partial charge in [0, 0.05) is 17.2 Å². The van der Waals surface area contributed by atoms with Gasteiger partial charge in [-0.1, -0.05) is 64.9 Å². The minimum Gasteiger partial charge on any atom is -0.493 e. The van der Waals surface area contributed by atoms with Crippen molar-refractivity contribution in [2.75, 3.05) is 14.2 Å². The molecule has 2 aromatic heterocycles. The molecular formula is C33H24Cl2N2O4S. The Bertz CT molecular complexity index is 2090. The average Bonchev–Trinajstić information content (AvgIpc) is 3.61. The monoisotopic (exact) mass is 614 g/mol. The molecule has 0 unspecified atom stereocenters. The lowest BCUT2D eigenvalue weighted by molar-refractivity contribution is 0.354. The Morgan fingerprint density at radius 3 is 2.60 bits per heavy atom. The second-order valence-corrected chi connectivity index (χ2v) is 11.9. The van der Waals surface area contributed by atoms with Crippen LogP contribution in [0.15, 0.2) is 92.6 Å². The van der Waals surface area contributed by atoms with Gasteiger partial charge in [0.25, 0.3) is 5.56 Å². The first-order valence-electron chi connectivity index (χ1n) is 13.4. The summed E-state index contributed by atoms with van der Waals surface area (Å²) in [6.07, 6.45) is 3.44. The number of nitrogens with zero attached hydrogens (tertiary/aromatic N) is 2. The van der Waals surface area contributed by atoms with Crippen molar-refractivity contribution >= 4 is 46.3 Å². The predicted molar refractivity (Wildman–Crippen MR) is 166 cm³/mol. The summed E-state index contributed by atoms with van der Waals surface area (Å²) in [4.78, 5) is 19.8. The van der Waals surface area contributed by atoms with E-state index in [0.717, 1.165) is 40.8 Å². The van der Waals surface area contributed by atoms with Gasteiger partial charge in [-0.2, -0.15) is 0 Å². The molecule has 0 N–H and O–H groups in total. The fourth-order valence-corrected chi connectivity index (χ4v) is 6.99. The van der Waals surface area contributed by atoms with E-state index in [2.05, 4.69) is 18.2 Å². The van der Waals surface area contributed by atoms with Gasteiger partial charge < -0.3 is 13.9 Å². The van der Waals surface area contributed by atoms with Crippen LogP contribution in [0.25, 0.3) is 23.1 Å². The van der Waals surface area contributed by atoms with Crippen molar-refractivity contribution < 1.29 is 13.9 Å². The summed E-state index contributed by atoms with van der Waals surface area (Å²) in [7, 11) is 3.23. The number of aromatic nitrogens is 1. The van der Waals surface area contributed by atoms with E-state index in [9.17, 15) is 4.79 Å². The zero-order chi connectivity index (χ0) is 29.0. The standard InChI is InChI=1S/C33H24Cl2N2O4S/c1-39-27-13-9-20(16-28(27)40-2)31-23-11-7-18-5-3-4-6-22(18)30(23)36-33-37(31)32(38)29(42-33)17-21-10-14-26(41-21)19-8-12-24(34)25(35)15-19/h3-6,8-10,12-17,31H,7,11H2,1-2H3/b29-17-/t31-/m1/s1. The van der Waals surface area contributed by atoms with Crippen molar-refractivity contribution in [1.29, 1.82) is 0 Å². The molecular weight excluding hydrogens is 591 g/mol. The van der Waals surface area contributed by atoms with Gasteiger partial charge in [-0.05, 0) is 72.0 Å². The Hall–Kier alpha value is -4.04. The van der Waals surface area contributed by atoms with Crippen LogP contribution < -0.4 is 24.4 Å². The van der Waals surface area contributed by atoms with Crippen LogP contribution in [0.1, 0.15) is 34.9 Å². The average molecular weight is 616 g/mol. The van der Waals surface area contributed by atoms with Crippen LogP contribution in [0.2, 0.25) is 10.0 Å². The number of rotatable bonds is 5. The van der Waals surface area contributed by atoms with Crippen LogP contribution in [0.4, 0.5) is 0 Å². The Labute approximate surface area is 255 Å². The summed E-state index contributed by atoms with van der Waals surface area (Å²) in [5.74, 6) is 2.42. The third-order valence-electron chi connectivity index (χ3n) is 7.70. The van der Waals surface area contributed by atoms with Crippen LogP contribution in [-0.4, -0.2) is 18.8 Å². The summed E-state index contributed by atoms with van der Waals surface area (Å²) in [6.45, 7) is 0. The van der Waals surface area contributed by atoms with Gasteiger partial charge in [0.15, 0.2) is 16.3 Å². The molecule has 3 aromatic carbocycles. The van der Waals surface area contributed by atoms with E-state index in [1.807, 2.05) is 42.5 Å². The van der Waals surface area contributed by atoms with Crippen LogP contribution in [0.5, 0.6) is 11.5 Å². The number of thiazole rings is 1. The second-order valence-electron chi connectivity index (χ2n) is 10.1. The van der Waals surface area contributed by atoms with E-state index in [0.29, 0.717) is 42.4 Å². The fraction of sp³-hybridized carbons (Fsp3) is 0.152. The fourth-order valence-electron chi connectivity index (χ4n) is 5.71. The van der Waals surface area contributed by atoms with Gasteiger partial charge >= 0.3 is 0 Å². The molecule has 0 spiro atoms. The van der Waals surface area contributed by atoms with E-state index in [-0.39, 0.29) is 11.6 Å². The van der Waals surface area contributed by atoms with Gasteiger partial charge in [-0.3, -0.25) is 9.36 Å². The van der Waals surface area contributed by atoms with Crippen LogP contribution in [-0.2, 0) is 6.42 Å². The SMILES string of the molecule is COc1ccc([C@@H]2C3=C(N=c4s/c(=C\c5ccc(-c6ccc(Cl)c(Cl)c6)o5)c(=O)n42)c2ccccc2CC3)cc1OC. The molecule has 210 valence electrons. The number of halogens is 2. The number of methoxy groups -OCH3 is 2. The number of ether oxygens (including phenoxy) is 2. The molecule has 2 aliphatic rings. The molecule has 0 bridgehead atoms. The highest BCUT2D eigenvalue weighted by Gasteiger charge is 2.33. The number of hydrogen-bond donors (Lipinski definition) is 0. The quantitative estimate of drug-likeness (QED) is 0.216. The van der Waals surface area contributed by atoms with Crippen molar-refractivity contribution in [3.8, 4) is 22.8 Å². The lowest BCUT2D eigenvalue weighted by Crippen LogP contribution is -2.38. The molecule has 0 radical (unpaired) electrons. The van der Waals surface area contributed by atoms with Gasteiger partial charge in [-0.15, -0.1) is 0 Å². The molecule has 3 heterocycles. The predicted octanol–water partition coefficient (Wildman–Crippen LogP) is 6.90. The van der Waals surface area contributed by atoms with E-state index in [1.54, 1.807) is 37.0 Å². The maximum atomic E-state index is 14.1. The van der Waals surface area contributed by atoms with Crippen LogP contribution >= 0.6 is 34.5 Å². The summed E-state index contributed by atoms with van der Waals surface area (Å²) in [6, 6.07) is 22.9. The summed E-state index contributed by atoms with van der Waals surface area (Å²) in [5.41, 5.74) is 6.02. The van der Waals surface area contributed by atoms with Crippen molar-refractivity contribution in [3.05, 3.63) is 131 Å². The zero-order valence-electron chi connectivity index (χ0n) is 22.7. The number of allylic oxidation sites excluding steroid dienone is 1. The highest BCUT2D eigenvalue weighted by Crippen LogP contribution is 2.42. The van der Waals surface area contributed by atoms with Crippen molar-refractivity contribution in [3.63, 3.8) is 0 Å². The molecule has 6 nitrogen and oxygen atoms in total. The van der Waals surface area contributed by atoms with Gasteiger partial charge in [-0.25, -0.2) is 4.99 Å². The third kappa shape index (κ3) is 4.49. The van der Waals surface area contributed by atoms with E-state index < -0.39 is 0 Å². The smallest absolute Gasteiger partial charge is 0.271 e. The Morgan fingerprint density at radius 1 is 0.952 bits per heavy atom. The van der Waals surface area contributed by atoms with E-state index >= 15 is 0 Å².